The summed E-state index contributed by atoms with van der Waals surface area (Å²) in [4.78, 5) is 11.3. The Kier molecular flexibility index (Phi) is 1.77. The molecule has 0 amide bonds. The molecule has 80 valence electrons. The molecule has 1 fully saturated rings. The molecule has 0 bridgehead atoms. The van der Waals surface area contributed by atoms with Gasteiger partial charge in [0.2, 0.25) is 0 Å². The van der Waals surface area contributed by atoms with Crippen molar-refractivity contribution in [3.8, 4) is 0 Å². The molecule has 1 aromatic heterocycles. The topological polar surface area (TPSA) is 55.0 Å². The Morgan fingerprint density at radius 3 is 2.73 bits per heavy atom. The van der Waals surface area contributed by atoms with E-state index in [4.69, 9.17) is 5.73 Å². The number of nitrogen functional groups attached to an aromatic ring is 1. The fourth-order valence-corrected chi connectivity index (χ4v) is 2.48. The molecule has 1 saturated carbocycles. The molecule has 0 radical (unpaired) electrons. The average Bonchev–Trinajstić information content (AvgIpc) is 2.94. The molecule has 2 N–H and O–H groups in total. The Bertz CT molecular complexity index is 411. The highest BCUT2D eigenvalue weighted by Crippen LogP contribution is 2.41. The van der Waals surface area contributed by atoms with Crippen LogP contribution in [0.2, 0.25) is 0 Å². The molecule has 2 aliphatic rings. The Hall–Kier alpha value is -1.16. The molecule has 1 atom stereocenters. The highest BCUT2D eigenvalue weighted by atomic mass is 15.2. The molecule has 15 heavy (non-hydrogen) atoms. The maximum Gasteiger partial charge on any atom is 0.131 e. The van der Waals surface area contributed by atoms with Gasteiger partial charge in [-0.25, -0.2) is 9.97 Å². The standard InChI is InChI=1S/C11H16N4/c1-6-10-9(5-15(6)8-3-4-8)11(12)14-7(2)13-10/h6,8H,3-5H2,1-2H3,(H2,12,13,14). The minimum atomic E-state index is 0.413. The van der Waals surface area contributed by atoms with Crippen molar-refractivity contribution in [2.75, 3.05) is 5.73 Å². The minimum Gasteiger partial charge on any atom is -0.383 e. The van der Waals surface area contributed by atoms with Gasteiger partial charge in [0, 0.05) is 18.2 Å². The van der Waals surface area contributed by atoms with Gasteiger partial charge in [-0.05, 0) is 26.7 Å². The van der Waals surface area contributed by atoms with Crippen LogP contribution >= 0.6 is 0 Å². The van der Waals surface area contributed by atoms with Crippen LogP contribution in [0.25, 0.3) is 0 Å². The van der Waals surface area contributed by atoms with Crippen LogP contribution in [0.4, 0.5) is 5.82 Å². The van der Waals surface area contributed by atoms with E-state index in [0.29, 0.717) is 11.9 Å². The van der Waals surface area contributed by atoms with E-state index >= 15 is 0 Å². The van der Waals surface area contributed by atoms with Crippen LogP contribution < -0.4 is 5.73 Å². The molecular formula is C11H16N4. The molecule has 1 aromatic rings. The SMILES string of the molecule is Cc1nc(N)c2c(n1)C(C)N(C1CC1)C2. The molecule has 0 spiro atoms. The first-order valence-electron chi connectivity index (χ1n) is 5.55. The molecule has 0 saturated heterocycles. The second-order valence-corrected chi connectivity index (χ2v) is 4.60. The number of rotatable bonds is 1. The minimum absolute atomic E-state index is 0.413. The first-order chi connectivity index (χ1) is 7.16. The second kappa shape index (κ2) is 2.92. The predicted molar refractivity (Wildman–Crippen MR) is 58.2 cm³/mol. The van der Waals surface area contributed by atoms with Gasteiger partial charge < -0.3 is 5.73 Å². The summed E-state index contributed by atoms with van der Waals surface area (Å²) >= 11 is 0. The van der Waals surface area contributed by atoms with Crippen molar-refractivity contribution in [1.82, 2.24) is 14.9 Å². The highest BCUT2D eigenvalue weighted by Gasteiger charge is 2.39. The number of aromatic nitrogens is 2. The monoisotopic (exact) mass is 204 g/mol. The van der Waals surface area contributed by atoms with E-state index < -0.39 is 0 Å². The van der Waals surface area contributed by atoms with Crippen molar-refractivity contribution in [2.45, 2.75) is 45.3 Å². The third-order valence-corrected chi connectivity index (χ3v) is 3.43. The quantitative estimate of drug-likeness (QED) is 0.751. The van der Waals surface area contributed by atoms with Gasteiger partial charge in [-0.1, -0.05) is 0 Å². The van der Waals surface area contributed by atoms with Gasteiger partial charge >= 0.3 is 0 Å². The van der Waals surface area contributed by atoms with Crippen LogP contribution in [0.5, 0.6) is 0 Å². The molecule has 1 unspecified atom stereocenters. The Labute approximate surface area is 89.5 Å². The first kappa shape index (κ1) is 9.09. The van der Waals surface area contributed by atoms with Crippen molar-refractivity contribution in [3.05, 3.63) is 17.1 Å². The third kappa shape index (κ3) is 1.32. The zero-order chi connectivity index (χ0) is 10.6. The lowest BCUT2D eigenvalue weighted by atomic mass is 10.2. The molecule has 2 heterocycles. The average molecular weight is 204 g/mol. The van der Waals surface area contributed by atoms with Gasteiger partial charge in [-0.2, -0.15) is 0 Å². The number of fused-ring (bicyclic) bond motifs is 1. The van der Waals surface area contributed by atoms with Gasteiger partial charge in [-0.3, -0.25) is 4.90 Å². The number of nitrogens with zero attached hydrogens (tertiary/aromatic N) is 3. The van der Waals surface area contributed by atoms with Crippen molar-refractivity contribution in [2.24, 2.45) is 0 Å². The van der Waals surface area contributed by atoms with E-state index in [1.807, 2.05) is 6.92 Å². The lowest BCUT2D eigenvalue weighted by Gasteiger charge is -2.19. The molecule has 4 heteroatoms. The van der Waals surface area contributed by atoms with E-state index in [2.05, 4.69) is 21.8 Å². The van der Waals surface area contributed by atoms with E-state index in [-0.39, 0.29) is 0 Å². The summed E-state index contributed by atoms with van der Waals surface area (Å²) in [5.74, 6) is 1.46. The summed E-state index contributed by atoms with van der Waals surface area (Å²) in [6.45, 7) is 5.06. The van der Waals surface area contributed by atoms with Crippen LogP contribution in [-0.2, 0) is 6.54 Å². The van der Waals surface area contributed by atoms with E-state index in [1.54, 1.807) is 0 Å². The second-order valence-electron chi connectivity index (χ2n) is 4.60. The molecule has 1 aliphatic heterocycles. The summed E-state index contributed by atoms with van der Waals surface area (Å²) in [5, 5.41) is 0. The summed E-state index contributed by atoms with van der Waals surface area (Å²) < 4.78 is 0. The first-order valence-corrected chi connectivity index (χ1v) is 5.55. The van der Waals surface area contributed by atoms with E-state index in [1.165, 1.54) is 12.8 Å². The smallest absolute Gasteiger partial charge is 0.131 e. The van der Waals surface area contributed by atoms with Crippen LogP contribution in [0.1, 0.15) is 42.9 Å². The van der Waals surface area contributed by atoms with Gasteiger partial charge in [-0.15, -0.1) is 0 Å². The summed E-state index contributed by atoms with van der Waals surface area (Å²) in [7, 11) is 0. The third-order valence-electron chi connectivity index (χ3n) is 3.43. The Balaban J connectivity index is 2.03. The number of hydrogen-bond donors (Lipinski definition) is 1. The van der Waals surface area contributed by atoms with Gasteiger partial charge in [0.25, 0.3) is 0 Å². The fraction of sp³-hybridized carbons (Fsp3) is 0.636. The van der Waals surface area contributed by atoms with Crippen molar-refractivity contribution in [3.63, 3.8) is 0 Å². The van der Waals surface area contributed by atoms with Crippen molar-refractivity contribution >= 4 is 5.82 Å². The Morgan fingerprint density at radius 1 is 1.33 bits per heavy atom. The highest BCUT2D eigenvalue weighted by molar-refractivity contribution is 5.46. The lowest BCUT2D eigenvalue weighted by molar-refractivity contribution is 0.216. The maximum absolute atomic E-state index is 5.94. The van der Waals surface area contributed by atoms with Gasteiger partial charge in [0.05, 0.1) is 11.7 Å². The maximum atomic E-state index is 5.94. The van der Waals surface area contributed by atoms with Crippen molar-refractivity contribution in [1.29, 1.82) is 0 Å². The summed E-state index contributed by atoms with van der Waals surface area (Å²) in [6, 6.07) is 1.17. The normalized spacial score (nSPS) is 25.6. The van der Waals surface area contributed by atoms with E-state index in [0.717, 1.165) is 29.7 Å². The zero-order valence-electron chi connectivity index (χ0n) is 9.20. The zero-order valence-corrected chi connectivity index (χ0v) is 9.20. The fourth-order valence-electron chi connectivity index (χ4n) is 2.48. The van der Waals surface area contributed by atoms with Crippen LogP contribution in [0, 0.1) is 6.92 Å². The molecule has 3 rings (SSSR count). The van der Waals surface area contributed by atoms with Gasteiger partial charge in [0.15, 0.2) is 0 Å². The number of aryl methyl sites for hydroxylation is 1. The summed E-state index contributed by atoms with van der Waals surface area (Å²) in [6.07, 6.45) is 2.65. The van der Waals surface area contributed by atoms with Crippen LogP contribution in [0.15, 0.2) is 0 Å². The molecule has 0 aromatic carbocycles. The van der Waals surface area contributed by atoms with Gasteiger partial charge in [0.1, 0.15) is 11.6 Å². The summed E-state index contributed by atoms with van der Waals surface area (Å²) in [5.41, 5.74) is 8.24. The number of hydrogen-bond acceptors (Lipinski definition) is 4. The van der Waals surface area contributed by atoms with Crippen LogP contribution in [0.3, 0.4) is 0 Å². The number of anilines is 1. The molecule has 1 aliphatic carbocycles. The van der Waals surface area contributed by atoms with E-state index in [9.17, 15) is 0 Å². The predicted octanol–water partition coefficient (Wildman–Crippen LogP) is 1.41. The van der Waals surface area contributed by atoms with Crippen molar-refractivity contribution < 1.29 is 0 Å². The number of nitrogens with two attached hydrogens (primary N) is 1. The Morgan fingerprint density at radius 2 is 2.07 bits per heavy atom. The largest absolute Gasteiger partial charge is 0.383 e. The molecular weight excluding hydrogens is 188 g/mol. The lowest BCUT2D eigenvalue weighted by Crippen LogP contribution is -2.22. The van der Waals surface area contributed by atoms with Crippen LogP contribution in [-0.4, -0.2) is 20.9 Å². The molecule has 4 nitrogen and oxygen atoms in total.